The molecule has 0 aromatic carbocycles. The second kappa shape index (κ2) is 4.99. The van der Waals surface area contributed by atoms with Crippen LogP contribution in [-0.2, 0) is 4.79 Å². The van der Waals surface area contributed by atoms with Crippen molar-refractivity contribution >= 4 is 17.6 Å². The first-order chi connectivity index (χ1) is 7.15. The van der Waals surface area contributed by atoms with E-state index in [1.54, 1.807) is 6.92 Å². The van der Waals surface area contributed by atoms with E-state index in [4.69, 9.17) is 5.73 Å². The van der Waals surface area contributed by atoms with Gasteiger partial charge >= 0.3 is 0 Å². The summed E-state index contributed by atoms with van der Waals surface area (Å²) < 4.78 is 0. The first kappa shape index (κ1) is 11.0. The van der Waals surface area contributed by atoms with Crippen LogP contribution in [0.2, 0.25) is 0 Å². The Morgan fingerprint density at radius 2 is 2.27 bits per heavy atom. The second-order valence-electron chi connectivity index (χ2n) is 2.83. The van der Waals surface area contributed by atoms with Crippen LogP contribution in [0.5, 0.6) is 0 Å². The van der Waals surface area contributed by atoms with E-state index in [-0.39, 0.29) is 23.8 Å². The maximum absolute atomic E-state index is 11.4. The van der Waals surface area contributed by atoms with Crippen LogP contribution >= 0.6 is 0 Å². The smallest absolute Gasteiger partial charge is 0.257 e. The van der Waals surface area contributed by atoms with Crippen molar-refractivity contribution in [2.75, 3.05) is 18.8 Å². The Labute approximate surface area is 86.4 Å². The van der Waals surface area contributed by atoms with Crippen LogP contribution in [0.25, 0.3) is 0 Å². The van der Waals surface area contributed by atoms with Crippen molar-refractivity contribution in [1.82, 2.24) is 20.8 Å². The summed E-state index contributed by atoms with van der Waals surface area (Å²) in [4.78, 5) is 22.4. The SMILES string of the molecule is CCNC(=O)CNC(=O)c1cn[nH]c1N. The zero-order chi connectivity index (χ0) is 11.3. The molecule has 0 aliphatic rings. The summed E-state index contributed by atoms with van der Waals surface area (Å²) in [7, 11) is 0. The maximum Gasteiger partial charge on any atom is 0.257 e. The molecule has 1 rings (SSSR count). The van der Waals surface area contributed by atoms with Gasteiger partial charge in [-0.25, -0.2) is 0 Å². The molecule has 0 aliphatic heterocycles. The largest absolute Gasteiger partial charge is 0.383 e. The first-order valence-corrected chi connectivity index (χ1v) is 4.49. The van der Waals surface area contributed by atoms with Crippen molar-refractivity contribution in [1.29, 1.82) is 0 Å². The van der Waals surface area contributed by atoms with Crippen LogP contribution in [0.15, 0.2) is 6.20 Å². The zero-order valence-electron chi connectivity index (χ0n) is 8.33. The van der Waals surface area contributed by atoms with Crippen LogP contribution in [0.4, 0.5) is 5.82 Å². The fourth-order valence-corrected chi connectivity index (χ4v) is 0.993. The lowest BCUT2D eigenvalue weighted by Gasteiger charge is -2.03. The fraction of sp³-hybridized carbons (Fsp3) is 0.375. The molecule has 0 atom stereocenters. The summed E-state index contributed by atoms with van der Waals surface area (Å²) >= 11 is 0. The van der Waals surface area contributed by atoms with Gasteiger partial charge in [0.25, 0.3) is 5.91 Å². The molecule has 0 radical (unpaired) electrons. The van der Waals surface area contributed by atoms with E-state index in [0.29, 0.717) is 6.54 Å². The molecule has 0 unspecified atom stereocenters. The van der Waals surface area contributed by atoms with Crippen LogP contribution in [0, 0.1) is 0 Å². The highest BCUT2D eigenvalue weighted by Gasteiger charge is 2.11. The molecule has 2 amide bonds. The molecule has 0 saturated carbocycles. The Bertz CT molecular complexity index is 360. The minimum atomic E-state index is -0.424. The second-order valence-corrected chi connectivity index (χ2v) is 2.83. The molecule has 1 aromatic heterocycles. The fourth-order valence-electron chi connectivity index (χ4n) is 0.993. The predicted octanol–water partition coefficient (Wildman–Crippen LogP) is -1.14. The number of aromatic amines is 1. The monoisotopic (exact) mass is 211 g/mol. The van der Waals surface area contributed by atoms with Gasteiger partial charge in [-0.15, -0.1) is 0 Å². The molecular formula is C8H13N5O2. The molecule has 0 aliphatic carbocycles. The van der Waals surface area contributed by atoms with Gasteiger partial charge in [0.15, 0.2) is 0 Å². The number of carbonyl (C=O) groups is 2. The van der Waals surface area contributed by atoms with Gasteiger partial charge in [0.1, 0.15) is 11.4 Å². The number of hydrogen-bond acceptors (Lipinski definition) is 4. The number of nitrogens with zero attached hydrogens (tertiary/aromatic N) is 1. The van der Waals surface area contributed by atoms with Gasteiger partial charge in [0, 0.05) is 6.54 Å². The minimum absolute atomic E-state index is 0.0721. The van der Waals surface area contributed by atoms with Gasteiger partial charge in [-0.2, -0.15) is 5.10 Å². The van der Waals surface area contributed by atoms with Crippen LogP contribution in [0.1, 0.15) is 17.3 Å². The van der Waals surface area contributed by atoms with Crippen molar-refractivity contribution in [3.8, 4) is 0 Å². The summed E-state index contributed by atoms with van der Waals surface area (Å²) in [5.41, 5.74) is 5.66. The number of amides is 2. The number of carbonyl (C=O) groups excluding carboxylic acids is 2. The Kier molecular flexibility index (Phi) is 3.67. The van der Waals surface area contributed by atoms with Crippen molar-refractivity contribution < 1.29 is 9.59 Å². The van der Waals surface area contributed by atoms with Crippen molar-refractivity contribution in [3.05, 3.63) is 11.8 Å². The molecule has 5 N–H and O–H groups in total. The number of nitrogen functional groups attached to an aromatic ring is 1. The van der Waals surface area contributed by atoms with Crippen LogP contribution in [0.3, 0.4) is 0 Å². The molecule has 0 saturated heterocycles. The normalized spacial score (nSPS) is 9.67. The molecule has 1 aromatic rings. The van der Waals surface area contributed by atoms with Crippen molar-refractivity contribution in [2.24, 2.45) is 0 Å². The van der Waals surface area contributed by atoms with Gasteiger partial charge in [-0.3, -0.25) is 14.7 Å². The molecule has 7 nitrogen and oxygen atoms in total. The van der Waals surface area contributed by atoms with E-state index in [2.05, 4.69) is 20.8 Å². The van der Waals surface area contributed by atoms with Crippen LogP contribution < -0.4 is 16.4 Å². The number of likely N-dealkylation sites (N-methyl/N-ethyl adjacent to an activating group) is 1. The summed E-state index contributed by atoms with van der Waals surface area (Å²) in [6.45, 7) is 2.26. The Hall–Kier alpha value is -2.05. The third-order valence-electron chi connectivity index (χ3n) is 1.70. The van der Waals surface area contributed by atoms with E-state index >= 15 is 0 Å². The number of nitrogens with two attached hydrogens (primary N) is 1. The van der Waals surface area contributed by atoms with Crippen molar-refractivity contribution in [3.63, 3.8) is 0 Å². The Balaban J connectivity index is 2.44. The highest BCUT2D eigenvalue weighted by atomic mass is 16.2. The van der Waals surface area contributed by atoms with E-state index in [1.807, 2.05) is 0 Å². The lowest BCUT2D eigenvalue weighted by Crippen LogP contribution is -2.36. The van der Waals surface area contributed by atoms with Crippen LogP contribution in [-0.4, -0.2) is 35.1 Å². The average molecular weight is 211 g/mol. The molecule has 0 bridgehead atoms. The Morgan fingerprint density at radius 3 is 2.80 bits per heavy atom. The molecule has 1 heterocycles. The summed E-state index contributed by atoms with van der Waals surface area (Å²) in [6, 6.07) is 0. The van der Waals surface area contributed by atoms with E-state index in [1.165, 1.54) is 6.20 Å². The third-order valence-corrected chi connectivity index (χ3v) is 1.70. The molecule has 0 spiro atoms. The van der Waals surface area contributed by atoms with Gasteiger partial charge in [0.2, 0.25) is 5.91 Å². The van der Waals surface area contributed by atoms with E-state index in [9.17, 15) is 9.59 Å². The summed E-state index contributed by atoms with van der Waals surface area (Å²) in [5.74, 6) is -0.483. The number of anilines is 1. The molecular weight excluding hydrogens is 198 g/mol. The van der Waals surface area contributed by atoms with Gasteiger partial charge in [-0.05, 0) is 6.92 Å². The number of H-pyrrole nitrogens is 1. The highest BCUT2D eigenvalue weighted by molar-refractivity contribution is 5.99. The van der Waals surface area contributed by atoms with Gasteiger partial charge < -0.3 is 16.4 Å². The number of rotatable bonds is 4. The maximum atomic E-state index is 11.4. The predicted molar refractivity (Wildman–Crippen MR) is 54.0 cm³/mol. The topological polar surface area (TPSA) is 113 Å². The highest BCUT2D eigenvalue weighted by Crippen LogP contribution is 2.04. The zero-order valence-corrected chi connectivity index (χ0v) is 8.33. The van der Waals surface area contributed by atoms with Gasteiger partial charge in [-0.1, -0.05) is 0 Å². The Morgan fingerprint density at radius 1 is 1.53 bits per heavy atom. The first-order valence-electron chi connectivity index (χ1n) is 4.49. The lowest BCUT2D eigenvalue weighted by molar-refractivity contribution is -0.120. The summed E-state index contributed by atoms with van der Waals surface area (Å²) in [5, 5.41) is 11.0. The van der Waals surface area contributed by atoms with Crippen molar-refractivity contribution in [2.45, 2.75) is 6.92 Å². The molecule has 15 heavy (non-hydrogen) atoms. The average Bonchev–Trinajstić information content (AvgIpc) is 2.61. The molecule has 7 heteroatoms. The lowest BCUT2D eigenvalue weighted by atomic mass is 10.3. The standard InChI is InChI=1S/C8H13N5O2/c1-2-10-6(14)4-11-8(15)5-3-12-13-7(5)9/h3H,2,4H2,1H3,(H,10,14)(H,11,15)(H3,9,12,13). The van der Waals surface area contributed by atoms with E-state index in [0.717, 1.165) is 0 Å². The number of hydrogen-bond donors (Lipinski definition) is 4. The van der Waals surface area contributed by atoms with E-state index < -0.39 is 5.91 Å². The third kappa shape index (κ3) is 2.97. The number of nitrogens with one attached hydrogen (secondary N) is 3. The number of aromatic nitrogens is 2. The van der Waals surface area contributed by atoms with Gasteiger partial charge in [0.05, 0.1) is 12.7 Å². The molecule has 0 fully saturated rings. The minimum Gasteiger partial charge on any atom is -0.383 e. The quantitative estimate of drug-likeness (QED) is 0.504. The summed E-state index contributed by atoms with van der Waals surface area (Å²) in [6.07, 6.45) is 1.31. The molecule has 82 valence electrons.